The van der Waals surface area contributed by atoms with E-state index in [2.05, 4.69) is 20.0 Å². The Morgan fingerprint density at radius 1 is 1.09 bits per heavy atom. The van der Waals surface area contributed by atoms with Crippen LogP contribution in [0.1, 0.15) is 0 Å². The maximum atomic E-state index is 11.2. The Hall–Kier alpha value is -2.45. The zero-order valence-corrected chi connectivity index (χ0v) is 13.9. The molecule has 8 heteroatoms. The molecule has 3 aromatic rings. The van der Waals surface area contributed by atoms with Gasteiger partial charge in [0.2, 0.25) is 10.0 Å². The topological polar surface area (TPSA) is 84.0 Å². The molecule has 0 aliphatic rings. The van der Waals surface area contributed by atoms with Gasteiger partial charge in [-0.15, -0.1) is 11.3 Å². The summed E-state index contributed by atoms with van der Waals surface area (Å²) < 4.78 is 24.8. The van der Waals surface area contributed by atoms with Gasteiger partial charge in [-0.1, -0.05) is 12.1 Å². The van der Waals surface area contributed by atoms with Crippen LogP contribution in [0.5, 0.6) is 0 Å². The monoisotopic (exact) mass is 346 g/mol. The van der Waals surface area contributed by atoms with Crippen molar-refractivity contribution in [3.8, 4) is 11.3 Å². The lowest BCUT2D eigenvalue weighted by Gasteiger charge is -2.04. The molecular formula is C15H14N4O2S2. The second-order valence-electron chi connectivity index (χ2n) is 4.86. The summed E-state index contributed by atoms with van der Waals surface area (Å²) in [5.74, 6) is 0. The van der Waals surface area contributed by atoms with Crippen molar-refractivity contribution in [3.63, 3.8) is 0 Å². The van der Waals surface area contributed by atoms with Crippen LogP contribution in [-0.4, -0.2) is 24.6 Å². The molecule has 2 N–H and O–H groups in total. The number of benzene rings is 1. The van der Waals surface area contributed by atoms with Gasteiger partial charge in [0.15, 0.2) is 5.13 Å². The van der Waals surface area contributed by atoms with Crippen molar-refractivity contribution in [3.05, 3.63) is 54.2 Å². The van der Waals surface area contributed by atoms with Crippen LogP contribution in [0.3, 0.4) is 0 Å². The van der Waals surface area contributed by atoms with Crippen LogP contribution in [0, 0.1) is 0 Å². The van der Waals surface area contributed by atoms with Gasteiger partial charge >= 0.3 is 0 Å². The normalized spacial score (nSPS) is 11.2. The van der Waals surface area contributed by atoms with Crippen molar-refractivity contribution in [2.45, 2.75) is 0 Å². The zero-order valence-electron chi connectivity index (χ0n) is 12.2. The van der Waals surface area contributed by atoms with E-state index in [0.717, 1.165) is 28.3 Å². The third kappa shape index (κ3) is 4.27. The summed E-state index contributed by atoms with van der Waals surface area (Å²) in [5.41, 5.74) is 3.15. The zero-order chi connectivity index (χ0) is 16.3. The van der Waals surface area contributed by atoms with E-state index in [1.165, 1.54) is 11.3 Å². The number of pyridine rings is 1. The van der Waals surface area contributed by atoms with Gasteiger partial charge in [-0.3, -0.25) is 9.71 Å². The fraction of sp³-hybridized carbons (Fsp3) is 0.0667. The lowest BCUT2D eigenvalue weighted by molar-refractivity contribution is 0.607. The van der Waals surface area contributed by atoms with Crippen LogP contribution < -0.4 is 10.0 Å². The van der Waals surface area contributed by atoms with Crippen LogP contribution in [0.4, 0.5) is 16.5 Å². The first-order valence-electron chi connectivity index (χ1n) is 6.70. The van der Waals surface area contributed by atoms with Gasteiger partial charge in [-0.25, -0.2) is 13.4 Å². The third-order valence-electron chi connectivity index (χ3n) is 2.90. The van der Waals surface area contributed by atoms with Crippen molar-refractivity contribution >= 4 is 37.9 Å². The van der Waals surface area contributed by atoms with Crippen molar-refractivity contribution in [1.82, 2.24) is 9.97 Å². The molecule has 118 valence electrons. The van der Waals surface area contributed by atoms with Crippen LogP contribution in [0.15, 0.2) is 54.2 Å². The molecule has 6 nitrogen and oxygen atoms in total. The molecule has 1 aromatic carbocycles. The number of nitrogens with one attached hydrogen (secondary N) is 2. The largest absolute Gasteiger partial charge is 0.330 e. The van der Waals surface area contributed by atoms with Gasteiger partial charge in [-0.2, -0.15) is 0 Å². The summed E-state index contributed by atoms with van der Waals surface area (Å²) in [7, 11) is -3.26. The molecule has 0 unspecified atom stereocenters. The summed E-state index contributed by atoms with van der Waals surface area (Å²) >= 11 is 1.49. The van der Waals surface area contributed by atoms with Gasteiger partial charge in [0.1, 0.15) is 0 Å². The highest BCUT2D eigenvalue weighted by Crippen LogP contribution is 2.27. The molecule has 3 rings (SSSR count). The molecule has 0 saturated heterocycles. The minimum absolute atomic E-state index is 0.528. The SMILES string of the molecule is CS(=O)(=O)Nc1ccc(-c2csc(Nc3cccnc3)n2)cc1. The van der Waals surface area contributed by atoms with Crippen LogP contribution in [0.2, 0.25) is 0 Å². The fourth-order valence-electron chi connectivity index (χ4n) is 1.95. The van der Waals surface area contributed by atoms with Gasteiger partial charge in [0.05, 0.1) is 23.8 Å². The molecule has 2 aromatic heterocycles. The smallest absolute Gasteiger partial charge is 0.229 e. The van der Waals surface area contributed by atoms with E-state index in [1.807, 2.05) is 29.6 Å². The molecule has 23 heavy (non-hydrogen) atoms. The average molecular weight is 346 g/mol. The highest BCUT2D eigenvalue weighted by atomic mass is 32.2. The number of hydrogen-bond donors (Lipinski definition) is 2. The second kappa shape index (κ2) is 6.35. The number of nitrogens with zero attached hydrogens (tertiary/aromatic N) is 2. The minimum Gasteiger partial charge on any atom is -0.330 e. The van der Waals surface area contributed by atoms with Gasteiger partial charge in [-0.05, 0) is 24.3 Å². The molecule has 0 radical (unpaired) electrons. The predicted molar refractivity (Wildman–Crippen MR) is 93.5 cm³/mol. The Morgan fingerprint density at radius 3 is 2.52 bits per heavy atom. The highest BCUT2D eigenvalue weighted by Gasteiger charge is 2.06. The Morgan fingerprint density at radius 2 is 1.87 bits per heavy atom. The van der Waals surface area contributed by atoms with E-state index in [9.17, 15) is 8.42 Å². The van der Waals surface area contributed by atoms with Crippen LogP contribution >= 0.6 is 11.3 Å². The van der Waals surface area contributed by atoms with E-state index < -0.39 is 10.0 Å². The number of hydrogen-bond acceptors (Lipinski definition) is 6. The molecule has 0 amide bonds. The van der Waals surface area contributed by atoms with Crippen LogP contribution in [0.25, 0.3) is 11.3 Å². The first kappa shape index (κ1) is 15.4. The predicted octanol–water partition coefficient (Wildman–Crippen LogP) is 3.32. The summed E-state index contributed by atoms with van der Waals surface area (Å²) in [6.45, 7) is 0. The number of sulfonamides is 1. The molecule has 0 saturated carbocycles. The van der Waals surface area contributed by atoms with Gasteiger partial charge in [0, 0.05) is 22.8 Å². The fourth-order valence-corrected chi connectivity index (χ4v) is 3.25. The van der Waals surface area contributed by atoms with Gasteiger partial charge < -0.3 is 5.32 Å². The van der Waals surface area contributed by atoms with Crippen molar-refractivity contribution < 1.29 is 8.42 Å². The number of anilines is 3. The molecule has 0 bridgehead atoms. The van der Waals surface area contributed by atoms with Crippen molar-refractivity contribution in [1.29, 1.82) is 0 Å². The Bertz CT molecular complexity index is 891. The van der Waals surface area contributed by atoms with E-state index in [-0.39, 0.29) is 0 Å². The standard InChI is InChI=1S/C15H14N4O2S2/c1-23(20,21)19-12-6-4-11(5-7-12)14-10-22-15(18-14)17-13-3-2-8-16-9-13/h2-10,19H,1H3,(H,17,18). The maximum absolute atomic E-state index is 11.2. The quantitative estimate of drug-likeness (QED) is 0.740. The Kier molecular flexibility index (Phi) is 4.26. The molecule has 0 spiro atoms. The molecular weight excluding hydrogens is 332 g/mol. The number of thiazole rings is 1. The molecule has 0 aliphatic carbocycles. The Balaban J connectivity index is 1.75. The van der Waals surface area contributed by atoms with E-state index in [0.29, 0.717) is 5.69 Å². The minimum atomic E-state index is -3.26. The second-order valence-corrected chi connectivity index (χ2v) is 7.46. The van der Waals surface area contributed by atoms with Crippen molar-refractivity contribution in [2.75, 3.05) is 16.3 Å². The first-order chi connectivity index (χ1) is 11.0. The summed E-state index contributed by atoms with van der Waals surface area (Å²) in [6, 6.07) is 10.9. The molecule has 0 fully saturated rings. The van der Waals surface area contributed by atoms with E-state index >= 15 is 0 Å². The molecule has 0 aliphatic heterocycles. The maximum Gasteiger partial charge on any atom is 0.229 e. The summed E-state index contributed by atoms with van der Waals surface area (Å²) in [4.78, 5) is 8.56. The number of aromatic nitrogens is 2. The van der Waals surface area contributed by atoms with E-state index in [4.69, 9.17) is 0 Å². The van der Waals surface area contributed by atoms with Crippen molar-refractivity contribution in [2.24, 2.45) is 0 Å². The highest BCUT2D eigenvalue weighted by molar-refractivity contribution is 7.92. The molecule has 2 heterocycles. The average Bonchev–Trinajstić information content (AvgIpc) is 2.96. The number of rotatable bonds is 5. The summed E-state index contributed by atoms with van der Waals surface area (Å²) in [5, 5.41) is 5.90. The third-order valence-corrected chi connectivity index (χ3v) is 4.27. The lowest BCUT2D eigenvalue weighted by atomic mass is 10.1. The van der Waals surface area contributed by atoms with Crippen LogP contribution in [-0.2, 0) is 10.0 Å². The van der Waals surface area contributed by atoms with Gasteiger partial charge in [0.25, 0.3) is 0 Å². The Labute approximate surface area is 138 Å². The van der Waals surface area contributed by atoms with E-state index in [1.54, 1.807) is 24.5 Å². The first-order valence-corrected chi connectivity index (χ1v) is 9.47. The summed E-state index contributed by atoms with van der Waals surface area (Å²) in [6.07, 6.45) is 4.56. The molecule has 0 atom stereocenters. The lowest BCUT2D eigenvalue weighted by Crippen LogP contribution is -2.09.